The molecule has 0 saturated carbocycles. The average molecular weight is 280 g/mol. The van der Waals surface area contributed by atoms with Gasteiger partial charge in [-0.3, -0.25) is 12.1 Å². The fraction of sp³-hybridized carbons (Fsp3) is 0. The standard InChI is InChI=1S/C6H3BO.2Y/c7-8-6-4-2-1-3-5-6;;/h1,4-5H;;/q-2;;. The largest absolute Gasteiger partial charge is 0.687 e. The second-order valence-electron chi connectivity index (χ2n) is 1.29. The fourth-order valence-corrected chi connectivity index (χ4v) is 0.405. The Labute approximate surface area is 112 Å². The molecule has 1 nitrogen and oxygen atoms in total. The smallest absolute Gasteiger partial charge is 0.343 e. The molecule has 1 rings (SSSR count). The van der Waals surface area contributed by atoms with Gasteiger partial charge in [-0.05, 0) is 0 Å². The molecule has 0 unspecified atom stereocenters. The van der Waals surface area contributed by atoms with Gasteiger partial charge >= 0.3 is 8.05 Å². The molecule has 0 bridgehead atoms. The van der Waals surface area contributed by atoms with Crippen molar-refractivity contribution in [1.82, 2.24) is 0 Å². The average Bonchev–Trinajstić information content (AvgIpc) is 1.90. The third kappa shape index (κ3) is 5.01. The van der Waals surface area contributed by atoms with Crippen LogP contribution >= 0.6 is 0 Å². The topological polar surface area (TPSA) is 9.23 Å². The minimum atomic E-state index is 0. The first-order valence-corrected chi connectivity index (χ1v) is 2.17. The molecule has 1 aromatic rings. The first-order valence-electron chi connectivity index (χ1n) is 2.17. The van der Waals surface area contributed by atoms with Crippen LogP contribution in [0.1, 0.15) is 0 Å². The van der Waals surface area contributed by atoms with Crippen molar-refractivity contribution in [3.05, 3.63) is 30.3 Å². The Morgan fingerprint density at radius 3 is 2.00 bits per heavy atom. The number of benzene rings is 1. The normalized spacial score (nSPS) is 6.80. The summed E-state index contributed by atoms with van der Waals surface area (Å²) in [5.74, 6) is 0.576. The van der Waals surface area contributed by atoms with E-state index in [9.17, 15) is 0 Å². The van der Waals surface area contributed by atoms with E-state index in [2.05, 4.69) is 16.8 Å². The molecule has 0 amide bonds. The van der Waals surface area contributed by atoms with Gasteiger partial charge < -0.3 is 22.9 Å². The minimum Gasteiger partial charge on any atom is -0.687 e. The predicted octanol–water partition coefficient (Wildman–Crippen LogP) is 0.744. The summed E-state index contributed by atoms with van der Waals surface area (Å²) in [5, 5.41) is 0. The molecule has 0 aliphatic heterocycles. The summed E-state index contributed by atoms with van der Waals surface area (Å²) < 4.78 is 4.35. The van der Waals surface area contributed by atoms with Crippen molar-refractivity contribution in [2.24, 2.45) is 0 Å². The van der Waals surface area contributed by atoms with E-state index >= 15 is 0 Å². The van der Waals surface area contributed by atoms with Gasteiger partial charge in [0.25, 0.3) is 0 Å². The molecule has 4 heteroatoms. The molecule has 0 fully saturated rings. The third-order valence-corrected chi connectivity index (χ3v) is 0.754. The quantitative estimate of drug-likeness (QED) is 0.544. The summed E-state index contributed by atoms with van der Waals surface area (Å²) >= 11 is 0. The van der Waals surface area contributed by atoms with Crippen LogP contribution in [-0.4, -0.2) is 8.05 Å². The SMILES string of the molecule is [B]Oc1c[c-]c[c-]c1.[Y].[Y]. The zero-order valence-electron chi connectivity index (χ0n) is 5.37. The maximum Gasteiger partial charge on any atom is 0.343 e. The Hall–Kier alpha value is 1.29. The predicted molar refractivity (Wildman–Crippen MR) is 30.5 cm³/mol. The molecule has 0 aliphatic rings. The van der Waals surface area contributed by atoms with Gasteiger partial charge in [-0.15, -0.1) is 5.75 Å². The van der Waals surface area contributed by atoms with E-state index in [4.69, 9.17) is 8.05 Å². The van der Waals surface area contributed by atoms with Crippen LogP contribution in [0.25, 0.3) is 0 Å². The maximum atomic E-state index is 4.81. The van der Waals surface area contributed by atoms with Crippen molar-refractivity contribution in [3.63, 3.8) is 0 Å². The van der Waals surface area contributed by atoms with Crippen LogP contribution in [0, 0.1) is 12.1 Å². The third-order valence-electron chi connectivity index (χ3n) is 0.754. The van der Waals surface area contributed by atoms with Gasteiger partial charge in [-0.2, -0.15) is 0 Å². The molecule has 44 valence electrons. The van der Waals surface area contributed by atoms with Crippen molar-refractivity contribution in [1.29, 1.82) is 0 Å². The van der Waals surface area contributed by atoms with Crippen molar-refractivity contribution >= 4 is 8.05 Å². The first kappa shape index (κ1) is 13.9. The Morgan fingerprint density at radius 2 is 1.70 bits per heavy atom. The van der Waals surface area contributed by atoms with Crippen LogP contribution in [0.3, 0.4) is 0 Å². The Balaban J connectivity index is 0. The number of rotatable bonds is 1. The summed E-state index contributed by atoms with van der Waals surface area (Å²) in [6.45, 7) is 0. The zero-order valence-corrected chi connectivity index (χ0v) is 11.0. The summed E-state index contributed by atoms with van der Waals surface area (Å²) in [6, 6.07) is 10.4. The van der Waals surface area contributed by atoms with Gasteiger partial charge in [-0.25, -0.2) is 0 Å². The Bertz CT molecular complexity index is 157. The van der Waals surface area contributed by atoms with E-state index in [0.717, 1.165) is 0 Å². The van der Waals surface area contributed by atoms with Crippen LogP contribution in [0.4, 0.5) is 0 Å². The van der Waals surface area contributed by atoms with Gasteiger partial charge in [0.2, 0.25) is 0 Å². The van der Waals surface area contributed by atoms with E-state index < -0.39 is 0 Å². The van der Waals surface area contributed by atoms with Crippen LogP contribution in [-0.2, 0) is 65.4 Å². The van der Waals surface area contributed by atoms with Gasteiger partial charge in [0.1, 0.15) is 0 Å². The molecular formula is C6H3BOY2-2. The molecule has 0 heterocycles. The van der Waals surface area contributed by atoms with Crippen LogP contribution in [0.2, 0.25) is 0 Å². The molecule has 0 atom stereocenters. The van der Waals surface area contributed by atoms with Crippen molar-refractivity contribution in [2.45, 2.75) is 0 Å². The van der Waals surface area contributed by atoms with E-state index in [1.54, 1.807) is 18.2 Å². The number of hydrogen-bond donors (Lipinski definition) is 0. The summed E-state index contributed by atoms with van der Waals surface area (Å²) in [5.41, 5.74) is 0. The van der Waals surface area contributed by atoms with Crippen molar-refractivity contribution < 1.29 is 70.1 Å². The summed E-state index contributed by atoms with van der Waals surface area (Å²) in [4.78, 5) is 0. The first-order chi connectivity index (χ1) is 3.93. The molecule has 0 N–H and O–H groups in total. The van der Waals surface area contributed by atoms with Gasteiger partial charge in [0, 0.05) is 65.4 Å². The van der Waals surface area contributed by atoms with Crippen molar-refractivity contribution in [3.8, 4) is 5.75 Å². The van der Waals surface area contributed by atoms with Gasteiger partial charge in [0.05, 0.1) is 0 Å². The van der Waals surface area contributed by atoms with Crippen LogP contribution in [0.5, 0.6) is 5.75 Å². The van der Waals surface area contributed by atoms with E-state index in [1.807, 2.05) is 0 Å². The van der Waals surface area contributed by atoms with Gasteiger partial charge in [-0.1, -0.05) is 0 Å². The summed E-state index contributed by atoms with van der Waals surface area (Å²) in [6.07, 6.45) is 0. The van der Waals surface area contributed by atoms with Gasteiger partial charge in [0.15, 0.2) is 0 Å². The maximum absolute atomic E-state index is 4.81. The minimum absolute atomic E-state index is 0. The van der Waals surface area contributed by atoms with Crippen LogP contribution in [0.15, 0.2) is 18.2 Å². The molecular weight excluding hydrogens is 277 g/mol. The second kappa shape index (κ2) is 8.39. The van der Waals surface area contributed by atoms with E-state index in [-0.39, 0.29) is 65.4 Å². The molecule has 0 saturated heterocycles. The molecule has 0 aliphatic carbocycles. The van der Waals surface area contributed by atoms with Crippen LogP contribution < -0.4 is 4.65 Å². The molecule has 10 heavy (non-hydrogen) atoms. The molecule has 1 aromatic carbocycles. The number of hydrogen-bond acceptors (Lipinski definition) is 1. The summed E-state index contributed by atoms with van der Waals surface area (Å²) in [7, 11) is 4.81. The second-order valence-corrected chi connectivity index (χ2v) is 1.29. The molecule has 0 spiro atoms. The van der Waals surface area contributed by atoms with E-state index in [1.165, 1.54) is 0 Å². The fourth-order valence-electron chi connectivity index (χ4n) is 0.405. The van der Waals surface area contributed by atoms with E-state index in [0.29, 0.717) is 5.75 Å². The Morgan fingerprint density at radius 1 is 1.20 bits per heavy atom. The molecule has 4 radical (unpaired) electrons. The zero-order chi connectivity index (χ0) is 5.82. The molecule has 0 aromatic heterocycles. The monoisotopic (exact) mass is 280 g/mol. The van der Waals surface area contributed by atoms with Crippen molar-refractivity contribution in [2.75, 3.05) is 0 Å². The Kier molecular flexibility index (Phi) is 11.6.